The molecule has 2 N–H and O–H groups in total. The first-order chi connectivity index (χ1) is 10.6. The Kier molecular flexibility index (Phi) is 3.65. The van der Waals surface area contributed by atoms with Gasteiger partial charge >= 0.3 is 0 Å². The van der Waals surface area contributed by atoms with E-state index < -0.39 is 0 Å². The lowest BCUT2D eigenvalue weighted by molar-refractivity contribution is 0.0945. The standard InChI is InChI=1S/C16H14N4O2/c1-10-6-12-7-11(2-3-13(12)20-15(10)21)8-19-16(22)14-9-17-4-5-18-14/h2-7,9H,8H2,1H3,(H,19,22)(H,20,21). The number of carbonyl (C=O) groups is 1. The molecule has 0 aliphatic rings. The van der Waals surface area contributed by atoms with Crippen molar-refractivity contribution in [3.8, 4) is 0 Å². The molecule has 0 aliphatic heterocycles. The summed E-state index contributed by atoms with van der Waals surface area (Å²) in [5.41, 5.74) is 2.57. The van der Waals surface area contributed by atoms with Crippen LogP contribution in [-0.4, -0.2) is 20.9 Å². The molecule has 0 unspecified atom stereocenters. The van der Waals surface area contributed by atoms with Crippen LogP contribution in [0.4, 0.5) is 0 Å². The summed E-state index contributed by atoms with van der Waals surface area (Å²) in [5, 5.41) is 3.73. The van der Waals surface area contributed by atoms with E-state index in [4.69, 9.17) is 0 Å². The summed E-state index contributed by atoms with van der Waals surface area (Å²) >= 11 is 0. The van der Waals surface area contributed by atoms with Gasteiger partial charge in [0, 0.05) is 30.0 Å². The Morgan fingerprint density at radius 1 is 1.27 bits per heavy atom. The predicted molar refractivity (Wildman–Crippen MR) is 82.5 cm³/mol. The second kappa shape index (κ2) is 5.77. The van der Waals surface area contributed by atoms with Gasteiger partial charge in [-0.3, -0.25) is 14.6 Å². The molecule has 0 spiro atoms. The fraction of sp³-hybridized carbons (Fsp3) is 0.125. The second-order valence-corrected chi connectivity index (χ2v) is 4.98. The zero-order valence-corrected chi connectivity index (χ0v) is 12.0. The molecule has 0 bridgehead atoms. The Bertz CT molecular complexity index is 888. The van der Waals surface area contributed by atoms with Crippen LogP contribution < -0.4 is 10.9 Å². The van der Waals surface area contributed by atoms with Gasteiger partial charge in [0.2, 0.25) is 0 Å². The monoisotopic (exact) mass is 294 g/mol. The highest BCUT2D eigenvalue weighted by atomic mass is 16.1. The van der Waals surface area contributed by atoms with Gasteiger partial charge in [-0.2, -0.15) is 0 Å². The molecule has 110 valence electrons. The molecule has 0 aliphatic carbocycles. The Labute approximate surface area is 126 Å². The summed E-state index contributed by atoms with van der Waals surface area (Å²) in [6.07, 6.45) is 4.41. The van der Waals surface area contributed by atoms with Crippen molar-refractivity contribution < 1.29 is 4.79 Å². The highest BCUT2D eigenvalue weighted by Gasteiger charge is 2.07. The van der Waals surface area contributed by atoms with Crippen LogP contribution in [0, 0.1) is 6.92 Å². The molecule has 0 saturated heterocycles. The first-order valence-corrected chi connectivity index (χ1v) is 6.80. The number of aromatic nitrogens is 3. The van der Waals surface area contributed by atoms with Gasteiger partial charge in [0.15, 0.2) is 0 Å². The number of carbonyl (C=O) groups excluding carboxylic acids is 1. The maximum absolute atomic E-state index is 11.9. The molecular weight excluding hydrogens is 280 g/mol. The smallest absolute Gasteiger partial charge is 0.271 e. The summed E-state index contributed by atoms with van der Waals surface area (Å²) in [6.45, 7) is 2.14. The molecule has 0 atom stereocenters. The van der Waals surface area contributed by atoms with Crippen LogP contribution in [0.2, 0.25) is 0 Å². The van der Waals surface area contributed by atoms with Crippen molar-refractivity contribution in [2.45, 2.75) is 13.5 Å². The number of benzene rings is 1. The number of aryl methyl sites for hydroxylation is 1. The SMILES string of the molecule is Cc1cc2cc(CNC(=O)c3cnccn3)ccc2[nH]c1=O. The molecule has 3 rings (SSSR count). The summed E-state index contributed by atoms with van der Waals surface area (Å²) in [6, 6.07) is 7.47. The fourth-order valence-corrected chi connectivity index (χ4v) is 2.16. The topological polar surface area (TPSA) is 87.7 Å². The molecule has 2 aromatic heterocycles. The maximum Gasteiger partial charge on any atom is 0.271 e. The van der Waals surface area contributed by atoms with Crippen LogP contribution in [0.1, 0.15) is 21.6 Å². The largest absolute Gasteiger partial charge is 0.347 e. The summed E-state index contributed by atoms with van der Waals surface area (Å²) in [4.78, 5) is 34.1. The van der Waals surface area contributed by atoms with Gasteiger partial charge in [-0.05, 0) is 36.1 Å². The molecule has 0 radical (unpaired) electrons. The fourth-order valence-electron chi connectivity index (χ4n) is 2.16. The summed E-state index contributed by atoms with van der Waals surface area (Å²) in [5.74, 6) is -0.272. The lowest BCUT2D eigenvalue weighted by Crippen LogP contribution is -2.23. The van der Waals surface area contributed by atoms with E-state index in [1.54, 1.807) is 6.92 Å². The van der Waals surface area contributed by atoms with Gasteiger partial charge in [0.1, 0.15) is 5.69 Å². The van der Waals surface area contributed by atoms with E-state index in [-0.39, 0.29) is 17.2 Å². The Morgan fingerprint density at radius 3 is 2.91 bits per heavy atom. The number of hydrogen-bond donors (Lipinski definition) is 2. The van der Waals surface area contributed by atoms with E-state index in [9.17, 15) is 9.59 Å². The molecule has 1 aromatic carbocycles. The van der Waals surface area contributed by atoms with Gasteiger partial charge < -0.3 is 10.3 Å². The van der Waals surface area contributed by atoms with Crippen LogP contribution >= 0.6 is 0 Å². The van der Waals surface area contributed by atoms with E-state index in [0.717, 1.165) is 16.5 Å². The van der Waals surface area contributed by atoms with E-state index in [0.29, 0.717) is 12.1 Å². The Balaban J connectivity index is 1.78. The summed E-state index contributed by atoms with van der Waals surface area (Å²) in [7, 11) is 0. The minimum Gasteiger partial charge on any atom is -0.347 e. The third kappa shape index (κ3) is 2.85. The molecule has 3 aromatic rings. The Morgan fingerprint density at radius 2 is 2.14 bits per heavy atom. The zero-order valence-electron chi connectivity index (χ0n) is 12.0. The van der Waals surface area contributed by atoms with E-state index in [1.807, 2.05) is 24.3 Å². The molecule has 6 nitrogen and oxygen atoms in total. The minimum atomic E-state index is -0.272. The average Bonchev–Trinajstić information content (AvgIpc) is 2.54. The number of nitrogens with one attached hydrogen (secondary N) is 2. The molecule has 0 fully saturated rings. The number of rotatable bonds is 3. The minimum absolute atomic E-state index is 0.0868. The number of amides is 1. The third-order valence-corrected chi connectivity index (χ3v) is 3.34. The molecular formula is C16H14N4O2. The number of pyridine rings is 1. The number of hydrogen-bond acceptors (Lipinski definition) is 4. The van der Waals surface area contributed by atoms with Crippen LogP contribution in [0.3, 0.4) is 0 Å². The Hall–Kier alpha value is -3.02. The second-order valence-electron chi connectivity index (χ2n) is 4.98. The number of aromatic amines is 1. The van der Waals surface area contributed by atoms with Gasteiger partial charge in [0.05, 0.1) is 6.20 Å². The van der Waals surface area contributed by atoms with Crippen LogP contribution in [0.5, 0.6) is 0 Å². The highest BCUT2D eigenvalue weighted by Crippen LogP contribution is 2.13. The quantitative estimate of drug-likeness (QED) is 0.767. The van der Waals surface area contributed by atoms with E-state index >= 15 is 0 Å². The molecule has 22 heavy (non-hydrogen) atoms. The number of H-pyrrole nitrogens is 1. The summed E-state index contributed by atoms with van der Waals surface area (Å²) < 4.78 is 0. The van der Waals surface area contributed by atoms with Crippen LogP contribution in [-0.2, 0) is 6.54 Å². The predicted octanol–water partition coefficient (Wildman–Crippen LogP) is 1.56. The average molecular weight is 294 g/mol. The number of nitrogens with zero attached hydrogens (tertiary/aromatic N) is 2. The van der Waals surface area contributed by atoms with Crippen LogP contribution in [0.25, 0.3) is 10.9 Å². The van der Waals surface area contributed by atoms with Crippen molar-refractivity contribution in [2.75, 3.05) is 0 Å². The van der Waals surface area contributed by atoms with E-state index in [2.05, 4.69) is 20.3 Å². The van der Waals surface area contributed by atoms with Gasteiger partial charge in [-0.15, -0.1) is 0 Å². The van der Waals surface area contributed by atoms with Crippen molar-refractivity contribution in [1.29, 1.82) is 0 Å². The molecule has 2 heterocycles. The van der Waals surface area contributed by atoms with E-state index in [1.165, 1.54) is 18.6 Å². The third-order valence-electron chi connectivity index (χ3n) is 3.34. The van der Waals surface area contributed by atoms with Crippen molar-refractivity contribution in [1.82, 2.24) is 20.3 Å². The van der Waals surface area contributed by atoms with Crippen molar-refractivity contribution in [3.63, 3.8) is 0 Å². The molecule has 6 heteroatoms. The van der Waals surface area contributed by atoms with Gasteiger partial charge in [0.25, 0.3) is 11.5 Å². The number of fused-ring (bicyclic) bond motifs is 1. The van der Waals surface area contributed by atoms with Crippen LogP contribution in [0.15, 0.2) is 47.7 Å². The normalized spacial score (nSPS) is 10.6. The van der Waals surface area contributed by atoms with Crippen molar-refractivity contribution in [2.24, 2.45) is 0 Å². The first kappa shape index (κ1) is 13.9. The lowest BCUT2D eigenvalue weighted by atomic mass is 10.1. The van der Waals surface area contributed by atoms with Crippen molar-refractivity contribution >= 4 is 16.8 Å². The van der Waals surface area contributed by atoms with Crippen molar-refractivity contribution in [3.05, 3.63) is 70.0 Å². The molecule has 1 amide bonds. The highest BCUT2D eigenvalue weighted by molar-refractivity contribution is 5.91. The first-order valence-electron chi connectivity index (χ1n) is 6.80. The van der Waals surface area contributed by atoms with Gasteiger partial charge in [-0.1, -0.05) is 6.07 Å². The lowest BCUT2D eigenvalue weighted by Gasteiger charge is -2.06. The maximum atomic E-state index is 11.9. The zero-order chi connectivity index (χ0) is 15.5. The van der Waals surface area contributed by atoms with Gasteiger partial charge in [-0.25, -0.2) is 4.98 Å². The molecule has 0 saturated carbocycles.